The summed E-state index contributed by atoms with van der Waals surface area (Å²) in [6.45, 7) is -0.121. The number of nitro benzene ring substituents is 1. The van der Waals surface area contributed by atoms with Crippen molar-refractivity contribution in [1.82, 2.24) is 0 Å². The number of benzene rings is 1. The van der Waals surface area contributed by atoms with Crippen molar-refractivity contribution >= 4 is 28.9 Å². The summed E-state index contributed by atoms with van der Waals surface area (Å²) in [5, 5.41) is 30.6. The van der Waals surface area contributed by atoms with Crippen LogP contribution in [0.2, 0.25) is 5.02 Å². The summed E-state index contributed by atoms with van der Waals surface area (Å²) in [5.41, 5.74) is -0.654. The van der Waals surface area contributed by atoms with Crippen molar-refractivity contribution in [3.8, 4) is 0 Å². The lowest BCUT2D eigenvalue weighted by Gasteiger charge is -2.10. The zero-order chi connectivity index (χ0) is 13.0. The average Bonchev–Trinajstić information content (AvgIpc) is 2.26. The van der Waals surface area contributed by atoms with Gasteiger partial charge in [-0.25, -0.2) is 4.79 Å². The van der Waals surface area contributed by atoms with Gasteiger partial charge >= 0.3 is 5.97 Å². The van der Waals surface area contributed by atoms with E-state index in [-0.39, 0.29) is 29.4 Å². The van der Waals surface area contributed by atoms with Crippen LogP contribution in [0.1, 0.15) is 10.4 Å². The second kappa shape index (κ2) is 5.46. The van der Waals surface area contributed by atoms with E-state index in [1.165, 1.54) is 0 Å². The molecule has 92 valence electrons. The number of hydrogen-bond acceptors (Lipinski definition) is 5. The molecule has 0 bridgehead atoms. The Morgan fingerprint density at radius 1 is 1.53 bits per heavy atom. The fourth-order valence-corrected chi connectivity index (χ4v) is 1.51. The Morgan fingerprint density at radius 2 is 2.18 bits per heavy atom. The Hall–Kier alpha value is -1.86. The SMILES string of the molecule is O=C(O)c1cc([N+](=O)[O-])cc(Cl)c1NCCO. The number of halogens is 1. The van der Waals surface area contributed by atoms with Gasteiger partial charge < -0.3 is 15.5 Å². The third-order valence-electron chi connectivity index (χ3n) is 1.93. The summed E-state index contributed by atoms with van der Waals surface area (Å²) in [6.07, 6.45) is 0. The first-order valence-electron chi connectivity index (χ1n) is 4.53. The van der Waals surface area contributed by atoms with Crippen LogP contribution in [-0.4, -0.2) is 34.3 Å². The summed E-state index contributed by atoms with van der Waals surface area (Å²) in [6, 6.07) is 1.96. The molecule has 0 heterocycles. The van der Waals surface area contributed by atoms with E-state index in [1.54, 1.807) is 0 Å². The predicted octanol–water partition coefficient (Wildman–Crippen LogP) is 1.35. The summed E-state index contributed by atoms with van der Waals surface area (Å²) in [4.78, 5) is 20.7. The summed E-state index contributed by atoms with van der Waals surface area (Å²) in [5.74, 6) is -1.34. The second-order valence-corrected chi connectivity index (χ2v) is 3.47. The zero-order valence-corrected chi connectivity index (χ0v) is 9.27. The molecule has 3 N–H and O–H groups in total. The molecule has 0 amide bonds. The summed E-state index contributed by atoms with van der Waals surface area (Å²) in [7, 11) is 0. The Kier molecular flexibility index (Phi) is 4.24. The van der Waals surface area contributed by atoms with Gasteiger partial charge in [-0.2, -0.15) is 0 Å². The highest BCUT2D eigenvalue weighted by atomic mass is 35.5. The maximum atomic E-state index is 10.9. The Balaban J connectivity index is 3.28. The number of nitro groups is 1. The number of carboxylic acid groups (broad SMARTS) is 1. The second-order valence-electron chi connectivity index (χ2n) is 3.06. The fraction of sp³-hybridized carbons (Fsp3) is 0.222. The normalized spacial score (nSPS) is 10.0. The van der Waals surface area contributed by atoms with E-state index in [0.29, 0.717) is 0 Å². The average molecular weight is 261 g/mol. The van der Waals surface area contributed by atoms with Crippen LogP contribution in [0.3, 0.4) is 0 Å². The molecule has 8 heteroatoms. The van der Waals surface area contributed by atoms with Crippen molar-refractivity contribution in [2.45, 2.75) is 0 Å². The fourth-order valence-electron chi connectivity index (χ4n) is 1.23. The number of carboxylic acids is 1. The molecular formula is C9H9ClN2O5. The van der Waals surface area contributed by atoms with Gasteiger partial charge in [0.1, 0.15) is 0 Å². The molecule has 0 atom stereocenters. The molecule has 0 aliphatic heterocycles. The molecule has 0 fully saturated rings. The van der Waals surface area contributed by atoms with Gasteiger partial charge in [-0.05, 0) is 0 Å². The van der Waals surface area contributed by atoms with Crippen molar-refractivity contribution in [1.29, 1.82) is 0 Å². The van der Waals surface area contributed by atoms with Crippen LogP contribution in [-0.2, 0) is 0 Å². The maximum Gasteiger partial charge on any atom is 0.338 e. The van der Waals surface area contributed by atoms with Gasteiger partial charge in [0.2, 0.25) is 0 Å². The van der Waals surface area contributed by atoms with E-state index in [9.17, 15) is 14.9 Å². The number of carbonyl (C=O) groups is 1. The van der Waals surface area contributed by atoms with E-state index in [1.807, 2.05) is 0 Å². The Morgan fingerprint density at radius 3 is 2.65 bits per heavy atom. The van der Waals surface area contributed by atoms with Crippen LogP contribution in [0.25, 0.3) is 0 Å². The zero-order valence-electron chi connectivity index (χ0n) is 8.51. The Labute approximate surface area is 101 Å². The highest BCUT2D eigenvalue weighted by molar-refractivity contribution is 6.34. The number of aromatic carboxylic acids is 1. The van der Waals surface area contributed by atoms with Gasteiger partial charge in [-0.1, -0.05) is 11.6 Å². The van der Waals surface area contributed by atoms with Crippen molar-refractivity contribution in [3.63, 3.8) is 0 Å². The molecule has 0 saturated heterocycles. The van der Waals surface area contributed by atoms with Crippen LogP contribution < -0.4 is 5.32 Å². The molecule has 0 radical (unpaired) electrons. The van der Waals surface area contributed by atoms with Crippen LogP contribution >= 0.6 is 11.6 Å². The lowest BCUT2D eigenvalue weighted by Crippen LogP contribution is -2.11. The molecule has 1 rings (SSSR count). The molecule has 1 aromatic carbocycles. The van der Waals surface area contributed by atoms with Crippen LogP contribution in [0, 0.1) is 10.1 Å². The molecule has 7 nitrogen and oxygen atoms in total. The van der Waals surface area contributed by atoms with Gasteiger partial charge in [-0.15, -0.1) is 0 Å². The molecule has 0 unspecified atom stereocenters. The molecule has 1 aromatic rings. The molecule has 0 aliphatic carbocycles. The van der Waals surface area contributed by atoms with Crippen molar-refractivity contribution < 1.29 is 19.9 Å². The summed E-state index contributed by atoms with van der Waals surface area (Å²) >= 11 is 5.75. The molecular weight excluding hydrogens is 252 g/mol. The number of hydrogen-bond donors (Lipinski definition) is 3. The first kappa shape index (κ1) is 13.2. The van der Waals surface area contributed by atoms with Gasteiger partial charge in [0.05, 0.1) is 27.8 Å². The number of aliphatic hydroxyl groups excluding tert-OH is 1. The molecule has 0 aliphatic rings. The Bertz CT molecular complexity index is 463. The summed E-state index contributed by atoms with van der Waals surface area (Å²) < 4.78 is 0. The van der Waals surface area contributed by atoms with Gasteiger partial charge in [-0.3, -0.25) is 10.1 Å². The smallest absolute Gasteiger partial charge is 0.338 e. The third-order valence-corrected chi connectivity index (χ3v) is 2.23. The number of rotatable bonds is 5. The molecule has 17 heavy (non-hydrogen) atoms. The van der Waals surface area contributed by atoms with Crippen molar-refractivity contribution in [2.75, 3.05) is 18.5 Å². The first-order chi connectivity index (χ1) is 7.97. The van der Waals surface area contributed by atoms with E-state index in [4.69, 9.17) is 21.8 Å². The van der Waals surface area contributed by atoms with Crippen molar-refractivity contribution in [3.05, 3.63) is 32.8 Å². The largest absolute Gasteiger partial charge is 0.478 e. The maximum absolute atomic E-state index is 10.9. The highest BCUT2D eigenvalue weighted by Crippen LogP contribution is 2.31. The van der Waals surface area contributed by atoms with Crippen molar-refractivity contribution in [2.24, 2.45) is 0 Å². The predicted molar refractivity (Wildman–Crippen MR) is 60.6 cm³/mol. The standard InChI is InChI=1S/C9H9ClN2O5/c10-7-4-5(12(16)17)3-6(9(14)15)8(7)11-1-2-13/h3-4,11,13H,1-2H2,(H,14,15). The van der Waals surface area contributed by atoms with E-state index in [0.717, 1.165) is 12.1 Å². The number of nitrogens with one attached hydrogen (secondary N) is 1. The van der Waals surface area contributed by atoms with Gasteiger partial charge in [0, 0.05) is 18.7 Å². The van der Waals surface area contributed by atoms with E-state index >= 15 is 0 Å². The monoisotopic (exact) mass is 260 g/mol. The van der Waals surface area contributed by atoms with E-state index < -0.39 is 16.6 Å². The number of aliphatic hydroxyl groups is 1. The molecule has 0 saturated carbocycles. The minimum Gasteiger partial charge on any atom is -0.478 e. The number of non-ortho nitro benzene ring substituents is 1. The van der Waals surface area contributed by atoms with Crippen LogP contribution in [0.15, 0.2) is 12.1 Å². The lowest BCUT2D eigenvalue weighted by molar-refractivity contribution is -0.384. The molecule has 0 spiro atoms. The lowest BCUT2D eigenvalue weighted by atomic mass is 10.1. The first-order valence-corrected chi connectivity index (χ1v) is 4.91. The van der Waals surface area contributed by atoms with Crippen LogP contribution in [0.5, 0.6) is 0 Å². The topological polar surface area (TPSA) is 113 Å². The van der Waals surface area contributed by atoms with E-state index in [2.05, 4.69) is 5.32 Å². The van der Waals surface area contributed by atoms with Crippen LogP contribution in [0.4, 0.5) is 11.4 Å². The molecule has 0 aromatic heterocycles. The minimum atomic E-state index is -1.34. The highest BCUT2D eigenvalue weighted by Gasteiger charge is 2.19. The minimum absolute atomic E-state index is 0.0545. The quantitative estimate of drug-likeness (QED) is 0.544. The third kappa shape index (κ3) is 3.05. The van der Waals surface area contributed by atoms with Gasteiger partial charge in [0.15, 0.2) is 0 Å². The number of anilines is 1. The number of nitrogens with zero attached hydrogens (tertiary/aromatic N) is 1. The van der Waals surface area contributed by atoms with Gasteiger partial charge in [0.25, 0.3) is 5.69 Å².